The maximum Gasteiger partial charge on any atom is 0.144 e. The minimum Gasteiger partial charge on any atom is -0.489 e. The number of halogens is 1. The Morgan fingerprint density at radius 2 is 2.25 bits per heavy atom. The van der Waals surface area contributed by atoms with Crippen molar-refractivity contribution in [1.82, 2.24) is 0 Å². The van der Waals surface area contributed by atoms with E-state index in [1.54, 1.807) is 0 Å². The molecule has 0 aliphatic rings. The van der Waals surface area contributed by atoms with Gasteiger partial charge in [0.2, 0.25) is 0 Å². The third kappa shape index (κ3) is 3.77. The Morgan fingerprint density at radius 1 is 1.56 bits per heavy atom. The van der Waals surface area contributed by atoms with Gasteiger partial charge in [0.1, 0.15) is 5.75 Å². The molecule has 0 radical (unpaired) electrons. The molecule has 0 saturated carbocycles. The number of benzene rings is 1. The second kappa shape index (κ2) is 5.80. The molecule has 0 fully saturated rings. The molecule has 0 atom stereocenters. The lowest BCUT2D eigenvalue weighted by atomic mass is 10.2. The van der Waals surface area contributed by atoms with Crippen LogP contribution in [0, 0.1) is 0 Å². The maximum atomic E-state index is 5.99. The second-order valence-corrected chi connectivity index (χ2v) is 4.88. The number of nitrogen functional groups attached to an aromatic ring is 1. The average Bonchev–Trinajstić information content (AvgIpc) is 2.18. The van der Waals surface area contributed by atoms with Crippen molar-refractivity contribution >= 4 is 27.3 Å². The lowest BCUT2D eigenvalue weighted by Gasteiger charge is -2.15. The molecule has 0 saturated heterocycles. The molecule has 0 aliphatic carbocycles. The SMILES string of the molecule is C=C(Br)CNc1cccc(OC(C)C)c1N. The summed E-state index contributed by atoms with van der Waals surface area (Å²) in [4.78, 5) is 0. The third-order valence-corrected chi connectivity index (χ3v) is 2.18. The lowest BCUT2D eigenvalue weighted by Crippen LogP contribution is -2.09. The van der Waals surface area contributed by atoms with Gasteiger partial charge in [-0.2, -0.15) is 0 Å². The molecule has 3 N–H and O–H groups in total. The van der Waals surface area contributed by atoms with Crippen LogP contribution in [0.25, 0.3) is 0 Å². The molecular weight excluding hydrogens is 268 g/mol. The molecule has 1 rings (SSSR count). The minimum atomic E-state index is 0.115. The Hall–Kier alpha value is -1.16. The highest BCUT2D eigenvalue weighted by atomic mass is 79.9. The highest BCUT2D eigenvalue weighted by Crippen LogP contribution is 2.30. The first-order chi connectivity index (χ1) is 7.50. The van der Waals surface area contributed by atoms with E-state index < -0.39 is 0 Å². The fourth-order valence-electron chi connectivity index (χ4n) is 1.25. The van der Waals surface area contributed by atoms with Crippen molar-refractivity contribution in [2.45, 2.75) is 20.0 Å². The van der Waals surface area contributed by atoms with Gasteiger partial charge in [-0.1, -0.05) is 28.6 Å². The largest absolute Gasteiger partial charge is 0.489 e. The van der Waals surface area contributed by atoms with E-state index in [2.05, 4.69) is 27.8 Å². The summed E-state index contributed by atoms with van der Waals surface area (Å²) in [7, 11) is 0. The summed E-state index contributed by atoms with van der Waals surface area (Å²) in [5.41, 5.74) is 7.47. The Balaban J connectivity index is 2.81. The van der Waals surface area contributed by atoms with Crippen LogP contribution < -0.4 is 15.8 Å². The van der Waals surface area contributed by atoms with Crippen molar-refractivity contribution in [3.63, 3.8) is 0 Å². The van der Waals surface area contributed by atoms with Gasteiger partial charge in [0.25, 0.3) is 0 Å². The molecule has 0 heterocycles. The van der Waals surface area contributed by atoms with Gasteiger partial charge in [0.05, 0.1) is 17.5 Å². The molecule has 88 valence electrons. The Labute approximate surface area is 105 Å². The molecule has 16 heavy (non-hydrogen) atoms. The van der Waals surface area contributed by atoms with Crippen LogP contribution in [0.3, 0.4) is 0 Å². The standard InChI is InChI=1S/C12H17BrN2O/c1-8(2)16-11-6-4-5-10(12(11)14)15-7-9(3)13/h4-6,8,15H,3,7,14H2,1-2H3. The van der Waals surface area contributed by atoms with Crippen LogP contribution >= 0.6 is 15.9 Å². The minimum absolute atomic E-state index is 0.115. The van der Waals surface area contributed by atoms with E-state index in [0.29, 0.717) is 18.0 Å². The van der Waals surface area contributed by atoms with Crippen molar-refractivity contribution in [2.24, 2.45) is 0 Å². The third-order valence-electron chi connectivity index (χ3n) is 1.90. The number of nitrogens with two attached hydrogens (primary N) is 1. The van der Waals surface area contributed by atoms with Crippen molar-refractivity contribution in [3.05, 3.63) is 29.3 Å². The van der Waals surface area contributed by atoms with E-state index in [1.165, 1.54) is 0 Å². The Morgan fingerprint density at radius 3 is 2.81 bits per heavy atom. The monoisotopic (exact) mass is 284 g/mol. The van der Waals surface area contributed by atoms with Crippen molar-refractivity contribution < 1.29 is 4.74 Å². The number of ether oxygens (including phenoxy) is 1. The number of para-hydroxylation sites is 1. The van der Waals surface area contributed by atoms with E-state index >= 15 is 0 Å². The Kier molecular flexibility index (Phi) is 4.68. The molecule has 4 heteroatoms. The fourth-order valence-corrected chi connectivity index (χ4v) is 1.39. The molecule has 1 aromatic carbocycles. The van der Waals surface area contributed by atoms with Crippen LogP contribution in [0.15, 0.2) is 29.3 Å². The molecule has 0 aliphatic heterocycles. The summed E-state index contributed by atoms with van der Waals surface area (Å²) < 4.78 is 6.47. The van der Waals surface area contributed by atoms with Gasteiger partial charge in [-0.15, -0.1) is 0 Å². The normalized spacial score (nSPS) is 10.2. The average molecular weight is 285 g/mol. The van der Waals surface area contributed by atoms with E-state index in [9.17, 15) is 0 Å². The van der Waals surface area contributed by atoms with Crippen LogP contribution in [-0.2, 0) is 0 Å². The zero-order valence-electron chi connectivity index (χ0n) is 9.59. The highest BCUT2D eigenvalue weighted by Gasteiger charge is 2.06. The Bertz CT molecular complexity index is 377. The van der Waals surface area contributed by atoms with Crippen LogP contribution in [0.4, 0.5) is 11.4 Å². The lowest BCUT2D eigenvalue weighted by molar-refractivity contribution is 0.244. The summed E-state index contributed by atoms with van der Waals surface area (Å²) in [6.45, 7) is 8.33. The first-order valence-corrected chi connectivity index (χ1v) is 5.92. The summed E-state index contributed by atoms with van der Waals surface area (Å²) in [6.07, 6.45) is 0.115. The summed E-state index contributed by atoms with van der Waals surface area (Å²) in [5.74, 6) is 0.709. The summed E-state index contributed by atoms with van der Waals surface area (Å²) in [6, 6.07) is 5.69. The van der Waals surface area contributed by atoms with Crippen LogP contribution in [0.1, 0.15) is 13.8 Å². The van der Waals surface area contributed by atoms with Crippen molar-refractivity contribution in [1.29, 1.82) is 0 Å². The molecule has 0 spiro atoms. The quantitative estimate of drug-likeness (QED) is 0.815. The summed E-state index contributed by atoms with van der Waals surface area (Å²) >= 11 is 3.29. The number of hydrogen-bond acceptors (Lipinski definition) is 3. The van der Waals surface area contributed by atoms with Gasteiger partial charge in [-0.3, -0.25) is 0 Å². The van der Waals surface area contributed by atoms with Gasteiger partial charge < -0.3 is 15.8 Å². The first-order valence-electron chi connectivity index (χ1n) is 5.13. The second-order valence-electron chi connectivity index (χ2n) is 3.75. The van der Waals surface area contributed by atoms with Crippen LogP contribution in [0.5, 0.6) is 5.75 Å². The number of rotatable bonds is 5. The van der Waals surface area contributed by atoms with E-state index in [4.69, 9.17) is 10.5 Å². The molecule has 0 amide bonds. The smallest absolute Gasteiger partial charge is 0.144 e. The van der Waals surface area contributed by atoms with Gasteiger partial charge >= 0.3 is 0 Å². The molecule has 0 aromatic heterocycles. The van der Waals surface area contributed by atoms with Crippen molar-refractivity contribution in [3.8, 4) is 5.75 Å². The van der Waals surface area contributed by atoms with Gasteiger partial charge in [-0.05, 0) is 26.0 Å². The molecule has 0 bridgehead atoms. The van der Waals surface area contributed by atoms with Gasteiger partial charge in [0, 0.05) is 11.0 Å². The van der Waals surface area contributed by atoms with Crippen LogP contribution in [-0.4, -0.2) is 12.6 Å². The van der Waals surface area contributed by atoms with Gasteiger partial charge in [0.15, 0.2) is 0 Å². The van der Waals surface area contributed by atoms with Crippen molar-refractivity contribution in [2.75, 3.05) is 17.6 Å². The molecular formula is C12H17BrN2O. The number of nitrogens with one attached hydrogen (secondary N) is 1. The highest BCUT2D eigenvalue weighted by molar-refractivity contribution is 9.11. The molecule has 0 unspecified atom stereocenters. The van der Waals surface area contributed by atoms with Gasteiger partial charge in [-0.25, -0.2) is 0 Å². The predicted molar refractivity (Wildman–Crippen MR) is 73.2 cm³/mol. The fraction of sp³-hybridized carbons (Fsp3) is 0.333. The predicted octanol–water partition coefficient (Wildman–Crippen LogP) is 3.38. The maximum absolute atomic E-state index is 5.99. The zero-order chi connectivity index (χ0) is 12.1. The molecule has 1 aromatic rings. The van der Waals surface area contributed by atoms with E-state index in [-0.39, 0.29) is 6.10 Å². The van der Waals surface area contributed by atoms with E-state index in [0.717, 1.165) is 10.2 Å². The number of anilines is 2. The molecule has 3 nitrogen and oxygen atoms in total. The van der Waals surface area contributed by atoms with E-state index in [1.807, 2.05) is 32.0 Å². The first kappa shape index (κ1) is 12.9. The summed E-state index contributed by atoms with van der Waals surface area (Å²) in [5, 5.41) is 3.17. The zero-order valence-corrected chi connectivity index (χ0v) is 11.2. The number of hydrogen-bond donors (Lipinski definition) is 2. The topological polar surface area (TPSA) is 47.3 Å². The van der Waals surface area contributed by atoms with Crippen LogP contribution in [0.2, 0.25) is 0 Å².